The van der Waals surface area contributed by atoms with Crippen LogP contribution in [0, 0.1) is 12.7 Å². The number of nitrogens with zero attached hydrogens (tertiary/aromatic N) is 5. The van der Waals surface area contributed by atoms with Gasteiger partial charge in [0.25, 0.3) is 5.91 Å². The second-order valence-corrected chi connectivity index (χ2v) is 8.99. The molecule has 2 amide bonds. The molecule has 5 rings (SSSR count). The molecule has 4 aromatic rings. The monoisotopic (exact) mass is 518 g/mol. The van der Waals surface area contributed by atoms with Crippen LogP contribution in [0.2, 0.25) is 0 Å². The van der Waals surface area contributed by atoms with Crippen LogP contribution >= 0.6 is 0 Å². The van der Waals surface area contributed by atoms with Crippen LogP contribution in [0.4, 0.5) is 10.1 Å². The first-order valence-corrected chi connectivity index (χ1v) is 12.3. The Morgan fingerprint density at radius 1 is 1.13 bits per heavy atom. The van der Waals surface area contributed by atoms with Gasteiger partial charge in [-0.05, 0) is 66.9 Å². The minimum atomic E-state index is -1.08. The minimum absolute atomic E-state index is 0.0864. The van der Waals surface area contributed by atoms with Crippen molar-refractivity contribution in [1.82, 2.24) is 25.5 Å². The predicted molar refractivity (Wildman–Crippen MR) is 135 cm³/mol. The zero-order valence-corrected chi connectivity index (χ0v) is 20.8. The number of anilines is 1. The number of ether oxygens (including phenoxy) is 1. The number of aromatic nitrogens is 4. The SMILES string of the molecule is Cc1ccc(-c2nnn(CC(=O)N(c3ccccc3)[C@H](C(=O)NC[C@@H]3CCCO3)c3ccc(F)cc3)n2)o1. The molecular weight excluding hydrogens is 491 g/mol. The van der Waals surface area contributed by atoms with Crippen LogP contribution in [0.25, 0.3) is 11.6 Å². The molecule has 0 spiro atoms. The third kappa shape index (κ3) is 5.78. The number of aryl methyl sites for hydroxylation is 1. The predicted octanol–water partition coefficient (Wildman–Crippen LogP) is 3.45. The number of amides is 2. The molecule has 196 valence electrons. The molecule has 1 aliphatic rings. The molecule has 11 heteroatoms. The van der Waals surface area contributed by atoms with Crippen LogP contribution < -0.4 is 10.2 Å². The number of halogens is 1. The van der Waals surface area contributed by atoms with E-state index in [2.05, 4.69) is 20.7 Å². The van der Waals surface area contributed by atoms with E-state index >= 15 is 0 Å². The number of tetrazole rings is 1. The van der Waals surface area contributed by atoms with Gasteiger partial charge in [0.15, 0.2) is 5.76 Å². The Bertz CT molecular complexity index is 1380. The lowest BCUT2D eigenvalue weighted by Gasteiger charge is -2.31. The molecule has 2 atom stereocenters. The van der Waals surface area contributed by atoms with E-state index in [1.165, 1.54) is 29.2 Å². The van der Waals surface area contributed by atoms with E-state index in [-0.39, 0.29) is 18.5 Å². The Morgan fingerprint density at radius 2 is 1.92 bits per heavy atom. The van der Waals surface area contributed by atoms with E-state index in [1.807, 2.05) is 6.07 Å². The molecular formula is C27H27FN6O4. The second kappa shape index (κ2) is 11.3. The third-order valence-corrected chi connectivity index (χ3v) is 6.21. The molecule has 1 aliphatic heterocycles. The lowest BCUT2D eigenvalue weighted by Crippen LogP contribution is -2.46. The van der Waals surface area contributed by atoms with Crippen molar-refractivity contribution in [3.05, 3.63) is 83.9 Å². The van der Waals surface area contributed by atoms with Crippen LogP contribution in [-0.2, 0) is 20.9 Å². The smallest absolute Gasteiger partial charge is 0.251 e. The van der Waals surface area contributed by atoms with Gasteiger partial charge in [-0.3, -0.25) is 14.5 Å². The molecule has 0 aliphatic carbocycles. The van der Waals surface area contributed by atoms with Crippen LogP contribution in [-0.4, -0.2) is 51.3 Å². The van der Waals surface area contributed by atoms with Gasteiger partial charge in [0.1, 0.15) is 24.2 Å². The Kier molecular flexibility index (Phi) is 7.55. The normalized spacial score (nSPS) is 15.8. The highest BCUT2D eigenvalue weighted by Gasteiger charge is 2.34. The third-order valence-electron chi connectivity index (χ3n) is 6.21. The maximum atomic E-state index is 13.8. The number of para-hydroxylation sites is 1. The summed E-state index contributed by atoms with van der Waals surface area (Å²) in [5.74, 6) is 0.0385. The molecule has 10 nitrogen and oxygen atoms in total. The molecule has 1 N–H and O–H groups in total. The average Bonchev–Trinajstić information content (AvgIpc) is 3.70. The number of nitrogens with one attached hydrogen (secondary N) is 1. The Labute approximate surface area is 218 Å². The number of hydrogen-bond acceptors (Lipinski definition) is 7. The number of hydrogen-bond donors (Lipinski definition) is 1. The van der Waals surface area contributed by atoms with Gasteiger partial charge in [-0.25, -0.2) is 4.39 Å². The van der Waals surface area contributed by atoms with Crippen molar-refractivity contribution < 1.29 is 23.1 Å². The van der Waals surface area contributed by atoms with E-state index in [0.717, 1.165) is 17.6 Å². The molecule has 2 aromatic carbocycles. The van der Waals surface area contributed by atoms with Crippen LogP contribution in [0.5, 0.6) is 0 Å². The minimum Gasteiger partial charge on any atom is -0.458 e. The van der Waals surface area contributed by atoms with Crippen molar-refractivity contribution in [3.8, 4) is 11.6 Å². The number of carbonyl (C=O) groups is 2. The van der Waals surface area contributed by atoms with Gasteiger partial charge in [-0.2, -0.15) is 4.80 Å². The summed E-state index contributed by atoms with van der Waals surface area (Å²) in [6, 6.07) is 16.8. The summed E-state index contributed by atoms with van der Waals surface area (Å²) in [5.41, 5.74) is 0.938. The van der Waals surface area contributed by atoms with Crippen molar-refractivity contribution in [1.29, 1.82) is 0 Å². The zero-order valence-electron chi connectivity index (χ0n) is 20.8. The average molecular weight is 519 g/mol. The van der Waals surface area contributed by atoms with Gasteiger partial charge in [0.05, 0.1) is 6.10 Å². The van der Waals surface area contributed by atoms with Crippen molar-refractivity contribution in [3.63, 3.8) is 0 Å². The van der Waals surface area contributed by atoms with Gasteiger partial charge in [-0.1, -0.05) is 30.3 Å². The highest BCUT2D eigenvalue weighted by Crippen LogP contribution is 2.29. The molecule has 3 heterocycles. The first kappa shape index (κ1) is 25.3. The van der Waals surface area contributed by atoms with Crippen LogP contribution in [0.3, 0.4) is 0 Å². The number of furan rings is 1. The molecule has 1 fully saturated rings. The number of carbonyl (C=O) groups excluding carboxylic acids is 2. The summed E-state index contributed by atoms with van der Waals surface area (Å²) in [6.07, 6.45) is 1.69. The fourth-order valence-electron chi connectivity index (χ4n) is 4.37. The molecule has 1 saturated heterocycles. The van der Waals surface area contributed by atoms with E-state index in [1.54, 1.807) is 43.3 Å². The van der Waals surface area contributed by atoms with E-state index < -0.39 is 23.7 Å². The number of rotatable bonds is 9. The molecule has 0 unspecified atom stereocenters. The van der Waals surface area contributed by atoms with E-state index in [9.17, 15) is 14.0 Å². The summed E-state index contributed by atoms with van der Waals surface area (Å²) in [4.78, 5) is 30.0. The fourth-order valence-corrected chi connectivity index (χ4v) is 4.37. The topological polar surface area (TPSA) is 115 Å². The Morgan fingerprint density at radius 3 is 2.61 bits per heavy atom. The molecule has 38 heavy (non-hydrogen) atoms. The van der Waals surface area contributed by atoms with Gasteiger partial charge in [0.2, 0.25) is 11.7 Å². The van der Waals surface area contributed by atoms with Gasteiger partial charge in [-0.15, -0.1) is 10.2 Å². The second-order valence-electron chi connectivity index (χ2n) is 8.99. The molecule has 0 saturated carbocycles. The largest absolute Gasteiger partial charge is 0.458 e. The molecule has 0 bridgehead atoms. The van der Waals surface area contributed by atoms with Crippen LogP contribution in [0.15, 0.2) is 71.1 Å². The highest BCUT2D eigenvalue weighted by molar-refractivity contribution is 6.01. The first-order valence-electron chi connectivity index (χ1n) is 12.3. The van der Waals surface area contributed by atoms with Gasteiger partial charge >= 0.3 is 0 Å². The van der Waals surface area contributed by atoms with Gasteiger partial charge < -0.3 is 14.5 Å². The standard InChI is InChI=1S/C27H27FN6O4/c1-18-9-14-23(38-18)26-30-32-33(31-26)17-24(35)34(21-6-3-2-4-7-21)25(19-10-12-20(28)13-11-19)27(36)29-16-22-8-5-15-37-22/h2-4,6-7,9-14,22,25H,5,8,15-17H2,1H3,(H,29,36)/t22-,25-/m0/s1. The molecule has 0 radical (unpaired) electrons. The summed E-state index contributed by atoms with van der Waals surface area (Å²) in [6.45, 7) is 2.47. The lowest BCUT2D eigenvalue weighted by atomic mass is 10.0. The quantitative estimate of drug-likeness (QED) is 0.361. The van der Waals surface area contributed by atoms with Crippen molar-refractivity contribution in [2.75, 3.05) is 18.1 Å². The zero-order chi connectivity index (χ0) is 26.5. The maximum absolute atomic E-state index is 13.8. The lowest BCUT2D eigenvalue weighted by molar-refractivity contribution is -0.127. The summed E-state index contributed by atoms with van der Waals surface area (Å²) in [7, 11) is 0. The summed E-state index contributed by atoms with van der Waals surface area (Å²) >= 11 is 0. The van der Waals surface area contributed by atoms with Crippen molar-refractivity contribution in [2.45, 2.75) is 38.5 Å². The first-order chi connectivity index (χ1) is 18.5. The Balaban J connectivity index is 1.46. The van der Waals surface area contributed by atoms with E-state index in [4.69, 9.17) is 9.15 Å². The van der Waals surface area contributed by atoms with Gasteiger partial charge in [0, 0.05) is 18.8 Å². The summed E-state index contributed by atoms with van der Waals surface area (Å²) < 4.78 is 25.0. The van der Waals surface area contributed by atoms with Crippen LogP contribution in [0.1, 0.15) is 30.2 Å². The fraction of sp³-hybridized carbons (Fsp3) is 0.296. The highest BCUT2D eigenvalue weighted by atomic mass is 19.1. The van der Waals surface area contributed by atoms with Crippen molar-refractivity contribution in [2.24, 2.45) is 0 Å². The van der Waals surface area contributed by atoms with Crippen molar-refractivity contribution >= 4 is 17.5 Å². The Hall–Kier alpha value is -4.38. The van der Waals surface area contributed by atoms with E-state index in [0.29, 0.717) is 35.9 Å². The molecule has 2 aromatic heterocycles. The maximum Gasteiger partial charge on any atom is 0.251 e. The number of benzene rings is 2. The summed E-state index contributed by atoms with van der Waals surface area (Å²) in [5, 5.41) is 15.2.